The Morgan fingerprint density at radius 3 is 2.87 bits per heavy atom. The maximum absolute atomic E-state index is 5.98. The SMILES string of the molecule is Cc1ncccc1Oc1ncnc2c1ccn2C1CCNCC1. The van der Waals surface area contributed by atoms with Crippen LogP contribution >= 0.6 is 0 Å². The third-order valence-corrected chi connectivity index (χ3v) is 4.34. The van der Waals surface area contributed by atoms with E-state index in [0.29, 0.717) is 11.9 Å². The molecule has 0 atom stereocenters. The molecule has 6 heteroatoms. The van der Waals surface area contributed by atoms with E-state index in [1.807, 2.05) is 25.1 Å². The number of pyridine rings is 1. The molecule has 1 saturated heterocycles. The molecule has 4 heterocycles. The second kappa shape index (κ2) is 5.96. The Kier molecular flexibility index (Phi) is 3.67. The van der Waals surface area contributed by atoms with Crippen LogP contribution in [0.15, 0.2) is 36.9 Å². The summed E-state index contributed by atoms with van der Waals surface area (Å²) in [5, 5.41) is 4.34. The van der Waals surface area contributed by atoms with Gasteiger partial charge in [-0.1, -0.05) is 0 Å². The van der Waals surface area contributed by atoms with E-state index in [1.54, 1.807) is 12.5 Å². The number of fused-ring (bicyclic) bond motifs is 1. The van der Waals surface area contributed by atoms with Gasteiger partial charge in [-0.2, -0.15) is 0 Å². The molecule has 0 bridgehead atoms. The fourth-order valence-corrected chi connectivity index (χ4v) is 3.09. The van der Waals surface area contributed by atoms with E-state index in [0.717, 1.165) is 48.4 Å². The van der Waals surface area contributed by atoms with Gasteiger partial charge in [0.1, 0.15) is 12.0 Å². The zero-order chi connectivity index (χ0) is 15.6. The minimum atomic E-state index is 0.483. The van der Waals surface area contributed by atoms with E-state index in [9.17, 15) is 0 Å². The van der Waals surface area contributed by atoms with Gasteiger partial charge < -0.3 is 14.6 Å². The predicted molar refractivity (Wildman–Crippen MR) is 87.7 cm³/mol. The minimum absolute atomic E-state index is 0.483. The van der Waals surface area contributed by atoms with Gasteiger partial charge in [-0.05, 0) is 51.1 Å². The zero-order valence-corrected chi connectivity index (χ0v) is 13.1. The van der Waals surface area contributed by atoms with Crippen molar-refractivity contribution in [1.29, 1.82) is 0 Å². The summed E-state index contributed by atoms with van der Waals surface area (Å²) in [6.07, 6.45) is 7.65. The van der Waals surface area contributed by atoms with Crippen molar-refractivity contribution in [3.05, 3.63) is 42.6 Å². The summed E-state index contributed by atoms with van der Waals surface area (Å²) in [6.45, 7) is 4.02. The molecule has 1 N–H and O–H groups in total. The third-order valence-electron chi connectivity index (χ3n) is 4.34. The molecule has 0 aliphatic carbocycles. The molecule has 1 fully saturated rings. The number of piperidine rings is 1. The standard InChI is InChI=1S/C17H19N5O/c1-12-15(3-2-7-19-12)23-17-14-6-10-22(16(14)20-11-21-17)13-4-8-18-9-5-13/h2-3,6-7,10-11,13,18H,4-5,8-9H2,1H3. The van der Waals surface area contributed by atoms with Crippen LogP contribution in [0, 0.1) is 6.92 Å². The Balaban J connectivity index is 1.71. The first-order chi connectivity index (χ1) is 11.3. The molecule has 118 valence electrons. The van der Waals surface area contributed by atoms with Gasteiger partial charge in [-0.25, -0.2) is 9.97 Å². The highest BCUT2D eigenvalue weighted by atomic mass is 16.5. The summed E-state index contributed by atoms with van der Waals surface area (Å²) in [7, 11) is 0. The second-order valence-electron chi connectivity index (χ2n) is 5.81. The fourth-order valence-electron chi connectivity index (χ4n) is 3.09. The van der Waals surface area contributed by atoms with Crippen LogP contribution in [0.4, 0.5) is 0 Å². The number of hydrogen-bond donors (Lipinski definition) is 1. The van der Waals surface area contributed by atoms with Crippen LogP contribution < -0.4 is 10.1 Å². The van der Waals surface area contributed by atoms with E-state index < -0.39 is 0 Å². The molecule has 0 saturated carbocycles. The molecule has 0 aromatic carbocycles. The normalized spacial score (nSPS) is 15.9. The van der Waals surface area contributed by atoms with E-state index in [1.165, 1.54) is 0 Å². The molecule has 0 radical (unpaired) electrons. The van der Waals surface area contributed by atoms with E-state index >= 15 is 0 Å². The lowest BCUT2D eigenvalue weighted by Gasteiger charge is -2.24. The summed E-state index contributed by atoms with van der Waals surface area (Å²) in [6, 6.07) is 6.29. The number of hydrogen-bond acceptors (Lipinski definition) is 5. The third kappa shape index (κ3) is 2.66. The van der Waals surface area contributed by atoms with Crippen LogP contribution in [0.5, 0.6) is 11.6 Å². The monoisotopic (exact) mass is 309 g/mol. The largest absolute Gasteiger partial charge is 0.436 e. The molecule has 1 aliphatic heterocycles. The predicted octanol–water partition coefficient (Wildman–Crippen LogP) is 2.85. The maximum atomic E-state index is 5.98. The average molecular weight is 309 g/mol. The van der Waals surface area contributed by atoms with Gasteiger partial charge in [-0.3, -0.25) is 4.98 Å². The lowest BCUT2D eigenvalue weighted by Crippen LogP contribution is -2.29. The van der Waals surface area contributed by atoms with E-state index in [-0.39, 0.29) is 0 Å². The van der Waals surface area contributed by atoms with Crippen LogP contribution in [0.3, 0.4) is 0 Å². The number of aryl methyl sites for hydroxylation is 1. The van der Waals surface area contributed by atoms with Crippen LogP contribution in [0.1, 0.15) is 24.6 Å². The second-order valence-corrected chi connectivity index (χ2v) is 5.81. The molecule has 3 aromatic heterocycles. The van der Waals surface area contributed by atoms with Gasteiger partial charge >= 0.3 is 0 Å². The Bertz CT molecular complexity index is 823. The van der Waals surface area contributed by atoms with Gasteiger partial charge in [0.05, 0.1) is 11.1 Å². The van der Waals surface area contributed by atoms with Crippen molar-refractivity contribution >= 4 is 11.0 Å². The van der Waals surface area contributed by atoms with Crippen molar-refractivity contribution in [2.24, 2.45) is 0 Å². The highest BCUT2D eigenvalue weighted by Gasteiger charge is 2.19. The van der Waals surface area contributed by atoms with Crippen molar-refractivity contribution < 1.29 is 4.74 Å². The van der Waals surface area contributed by atoms with Crippen LogP contribution in [-0.4, -0.2) is 32.6 Å². The first-order valence-corrected chi connectivity index (χ1v) is 7.94. The number of nitrogens with zero attached hydrogens (tertiary/aromatic N) is 4. The highest BCUT2D eigenvalue weighted by Crippen LogP contribution is 2.31. The minimum Gasteiger partial charge on any atom is -0.436 e. The van der Waals surface area contributed by atoms with Gasteiger partial charge in [0.2, 0.25) is 5.88 Å². The number of aromatic nitrogens is 4. The quantitative estimate of drug-likeness (QED) is 0.806. The van der Waals surface area contributed by atoms with Gasteiger partial charge in [0.15, 0.2) is 5.75 Å². The van der Waals surface area contributed by atoms with E-state index in [4.69, 9.17) is 4.74 Å². The van der Waals surface area contributed by atoms with E-state index in [2.05, 4.69) is 31.0 Å². The summed E-state index contributed by atoms with van der Waals surface area (Å²) in [5.41, 5.74) is 1.78. The summed E-state index contributed by atoms with van der Waals surface area (Å²) >= 11 is 0. The number of nitrogens with one attached hydrogen (secondary N) is 1. The molecule has 0 spiro atoms. The van der Waals surface area contributed by atoms with Gasteiger partial charge in [0, 0.05) is 18.4 Å². The van der Waals surface area contributed by atoms with Crippen molar-refractivity contribution in [2.75, 3.05) is 13.1 Å². The Morgan fingerprint density at radius 2 is 2.04 bits per heavy atom. The number of rotatable bonds is 3. The maximum Gasteiger partial charge on any atom is 0.231 e. The summed E-state index contributed by atoms with van der Waals surface area (Å²) < 4.78 is 8.23. The topological polar surface area (TPSA) is 64.9 Å². The van der Waals surface area contributed by atoms with Gasteiger partial charge in [0.25, 0.3) is 0 Å². The Labute approximate surface area is 134 Å². The molecule has 0 amide bonds. The first kappa shape index (κ1) is 14.1. The average Bonchev–Trinajstić information content (AvgIpc) is 3.03. The van der Waals surface area contributed by atoms with Crippen LogP contribution in [-0.2, 0) is 0 Å². The van der Waals surface area contributed by atoms with Crippen molar-refractivity contribution in [1.82, 2.24) is 24.8 Å². The molecule has 0 unspecified atom stereocenters. The number of ether oxygens (including phenoxy) is 1. The zero-order valence-electron chi connectivity index (χ0n) is 13.1. The van der Waals surface area contributed by atoms with Gasteiger partial charge in [-0.15, -0.1) is 0 Å². The van der Waals surface area contributed by atoms with Crippen molar-refractivity contribution in [2.45, 2.75) is 25.8 Å². The van der Waals surface area contributed by atoms with Crippen molar-refractivity contribution in [3.8, 4) is 11.6 Å². The molecular formula is C17H19N5O. The summed E-state index contributed by atoms with van der Waals surface area (Å²) in [4.78, 5) is 13.0. The molecular weight excluding hydrogens is 290 g/mol. The molecule has 3 aromatic rings. The molecule has 4 rings (SSSR count). The molecule has 23 heavy (non-hydrogen) atoms. The van der Waals surface area contributed by atoms with Crippen molar-refractivity contribution in [3.63, 3.8) is 0 Å². The first-order valence-electron chi connectivity index (χ1n) is 7.94. The summed E-state index contributed by atoms with van der Waals surface area (Å²) in [5.74, 6) is 1.31. The van der Waals surface area contributed by atoms with Crippen LogP contribution in [0.25, 0.3) is 11.0 Å². The molecule has 1 aliphatic rings. The Hall–Kier alpha value is -2.47. The van der Waals surface area contributed by atoms with Crippen LogP contribution in [0.2, 0.25) is 0 Å². The molecule has 6 nitrogen and oxygen atoms in total. The Morgan fingerprint density at radius 1 is 1.17 bits per heavy atom. The highest BCUT2D eigenvalue weighted by molar-refractivity contribution is 5.81. The fraction of sp³-hybridized carbons (Fsp3) is 0.353. The smallest absolute Gasteiger partial charge is 0.231 e. The lowest BCUT2D eigenvalue weighted by atomic mass is 10.1. The lowest BCUT2D eigenvalue weighted by molar-refractivity contribution is 0.374.